The number of amides is 2. The number of nitrogens with zero attached hydrogens (tertiary/aromatic N) is 1. The van der Waals surface area contributed by atoms with Crippen molar-refractivity contribution in [2.45, 2.75) is 36.6 Å². The first-order valence-corrected chi connectivity index (χ1v) is 12.1. The number of hydrogen-bond donors (Lipinski definition) is 2. The Kier molecular flexibility index (Phi) is 5.65. The van der Waals surface area contributed by atoms with Crippen LogP contribution in [0.4, 0.5) is 5.69 Å². The molecule has 1 aliphatic carbocycles. The second-order valence-electron chi connectivity index (χ2n) is 7.12. The van der Waals surface area contributed by atoms with E-state index >= 15 is 0 Å². The molecule has 2 amide bonds. The number of hydrogen-bond acceptors (Lipinski definition) is 5. The van der Waals surface area contributed by atoms with Crippen LogP contribution in [0.1, 0.15) is 45.7 Å². The maximum Gasteiger partial charge on any atom is 0.267 e. The van der Waals surface area contributed by atoms with E-state index in [1.807, 2.05) is 0 Å². The number of nitrogens with one attached hydrogen (secondary N) is 2. The Morgan fingerprint density at radius 2 is 1.83 bits per heavy atom. The third-order valence-electron chi connectivity index (χ3n) is 4.90. The zero-order valence-corrected chi connectivity index (χ0v) is 17.9. The molecule has 0 radical (unpaired) electrons. The molecule has 1 aliphatic heterocycles. The van der Waals surface area contributed by atoms with Crippen LogP contribution in [0, 0.1) is 0 Å². The van der Waals surface area contributed by atoms with Crippen LogP contribution in [0.25, 0.3) is 0 Å². The Hall–Kier alpha value is -1.94. The van der Waals surface area contributed by atoms with Gasteiger partial charge in [-0.25, -0.2) is 8.42 Å². The molecule has 2 aliphatic rings. The van der Waals surface area contributed by atoms with Crippen molar-refractivity contribution in [2.75, 3.05) is 18.4 Å². The zero-order chi connectivity index (χ0) is 20.6. The fourth-order valence-corrected chi connectivity index (χ4v) is 6.27. The van der Waals surface area contributed by atoms with Gasteiger partial charge in [0.25, 0.3) is 11.8 Å². The van der Waals surface area contributed by atoms with Gasteiger partial charge in [0.05, 0.1) is 10.6 Å². The van der Waals surface area contributed by atoms with E-state index in [4.69, 9.17) is 11.6 Å². The summed E-state index contributed by atoms with van der Waals surface area (Å²) in [7, 11) is -3.69. The lowest BCUT2D eigenvalue weighted by molar-refractivity contribution is 0.0950. The highest BCUT2D eigenvalue weighted by Gasteiger charge is 2.32. The number of sulfonamides is 1. The lowest BCUT2D eigenvalue weighted by atomic mass is 10.2. The summed E-state index contributed by atoms with van der Waals surface area (Å²) in [6.45, 7) is 0.943. The quantitative estimate of drug-likeness (QED) is 0.701. The summed E-state index contributed by atoms with van der Waals surface area (Å²) in [5, 5.41) is 7.36. The molecule has 2 N–H and O–H groups in total. The molecule has 2 heterocycles. The summed E-state index contributed by atoms with van der Waals surface area (Å²) in [6, 6.07) is 6.29. The van der Waals surface area contributed by atoms with Crippen LogP contribution >= 0.6 is 22.9 Å². The van der Waals surface area contributed by atoms with Crippen molar-refractivity contribution in [1.82, 2.24) is 9.62 Å². The lowest BCUT2D eigenvalue weighted by Crippen LogP contribution is -2.29. The van der Waals surface area contributed by atoms with Crippen LogP contribution in [0.15, 0.2) is 34.5 Å². The SMILES string of the molecule is O=C(NC1CC1)c1ccc(NC(=O)c2sccc2S(=O)(=O)N2CCCC2)cc1Cl. The lowest BCUT2D eigenvalue weighted by Gasteiger charge is -2.15. The number of rotatable bonds is 6. The average molecular weight is 454 g/mol. The molecule has 0 unspecified atom stereocenters. The van der Waals surface area contributed by atoms with Crippen molar-refractivity contribution in [3.63, 3.8) is 0 Å². The first-order valence-electron chi connectivity index (χ1n) is 9.35. The van der Waals surface area contributed by atoms with E-state index in [0.717, 1.165) is 37.0 Å². The molecule has 4 rings (SSSR count). The largest absolute Gasteiger partial charge is 0.349 e. The molecule has 1 aromatic carbocycles. The number of anilines is 1. The van der Waals surface area contributed by atoms with Crippen molar-refractivity contribution >= 4 is 50.5 Å². The Morgan fingerprint density at radius 1 is 1.10 bits per heavy atom. The van der Waals surface area contributed by atoms with Gasteiger partial charge >= 0.3 is 0 Å². The number of halogens is 1. The number of thiophene rings is 1. The highest BCUT2D eigenvalue weighted by Crippen LogP contribution is 2.29. The van der Waals surface area contributed by atoms with Gasteiger partial charge in [-0.3, -0.25) is 9.59 Å². The highest BCUT2D eigenvalue weighted by atomic mass is 35.5. The Morgan fingerprint density at radius 3 is 2.48 bits per heavy atom. The Labute approximate surface area is 178 Å². The summed E-state index contributed by atoms with van der Waals surface area (Å²) in [5.74, 6) is -0.767. The second kappa shape index (κ2) is 8.06. The molecule has 0 atom stereocenters. The molecular formula is C19H20ClN3O4S2. The Bertz CT molecular complexity index is 1060. The molecule has 0 spiro atoms. The van der Waals surface area contributed by atoms with Crippen LogP contribution in [0.2, 0.25) is 5.02 Å². The molecule has 154 valence electrons. The monoisotopic (exact) mass is 453 g/mol. The first-order chi connectivity index (χ1) is 13.9. The third-order valence-corrected chi connectivity index (χ3v) is 8.20. The van der Waals surface area contributed by atoms with Gasteiger partial charge < -0.3 is 10.6 Å². The van der Waals surface area contributed by atoms with E-state index < -0.39 is 15.9 Å². The fourth-order valence-electron chi connectivity index (χ4n) is 3.19. The molecule has 2 aromatic rings. The van der Waals surface area contributed by atoms with E-state index in [2.05, 4.69) is 10.6 Å². The predicted molar refractivity (Wildman–Crippen MR) is 112 cm³/mol. The van der Waals surface area contributed by atoms with E-state index in [1.165, 1.54) is 16.4 Å². The fraction of sp³-hybridized carbons (Fsp3) is 0.368. The van der Waals surface area contributed by atoms with Crippen molar-refractivity contribution in [3.05, 3.63) is 45.1 Å². The normalized spacial score (nSPS) is 17.3. The van der Waals surface area contributed by atoms with Gasteiger partial charge in [0.2, 0.25) is 10.0 Å². The maximum atomic E-state index is 12.8. The molecular weight excluding hydrogens is 434 g/mol. The molecule has 2 fully saturated rings. The zero-order valence-electron chi connectivity index (χ0n) is 15.5. The van der Waals surface area contributed by atoms with Crippen LogP contribution in [0.3, 0.4) is 0 Å². The molecule has 0 bridgehead atoms. The minimum atomic E-state index is -3.69. The molecule has 1 aromatic heterocycles. The number of carbonyl (C=O) groups excluding carboxylic acids is 2. The van der Waals surface area contributed by atoms with Gasteiger partial charge in [-0.05, 0) is 55.3 Å². The van der Waals surface area contributed by atoms with Crippen LogP contribution in [-0.4, -0.2) is 43.7 Å². The predicted octanol–water partition coefficient (Wildman–Crippen LogP) is 3.33. The van der Waals surface area contributed by atoms with Crippen LogP contribution < -0.4 is 10.6 Å². The Balaban J connectivity index is 1.51. The van der Waals surface area contributed by atoms with E-state index in [-0.39, 0.29) is 26.7 Å². The summed E-state index contributed by atoms with van der Waals surface area (Å²) in [5.41, 5.74) is 0.728. The summed E-state index contributed by atoms with van der Waals surface area (Å²) < 4.78 is 27.1. The van der Waals surface area contributed by atoms with Crippen molar-refractivity contribution in [3.8, 4) is 0 Å². The average Bonchev–Trinajstić information content (AvgIpc) is 3.16. The second-order valence-corrected chi connectivity index (χ2v) is 10.4. The molecule has 10 heteroatoms. The van der Waals surface area contributed by atoms with Gasteiger partial charge in [-0.2, -0.15) is 4.31 Å². The number of benzene rings is 1. The van der Waals surface area contributed by atoms with Gasteiger partial charge in [-0.1, -0.05) is 11.6 Å². The van der Waals surface area contributed by atoms with E-state index in [0.29, 0.717) is 24.3 Å². The smallest absolute Gasteiger partial charge is 0.267 e. The van der Waals surface area contributed by atoms with Crippen LogP contribution in [-0.2, 0) is 10.0 Å². The molecule has 1 saturated heterocycles. The highest BCUT2D eigenvalue weighted by molar-refractivity contribution is 7.89. The third kappa shape index (κ3) is 4.32. The van der Waals surface area contributed by atoms with Crippen molar-refractivity contribution in [1.29, 1.82) is 0 Å². The molecule has 7 nitrogen and oxygen atoms in total. The summed E-state index contributed by atoms with van der Waals surface area (Å²) in [6.07, 6.45) is 3.59. The summed E-state index contributed by atoms with van der Waals surface area (Å²) in [4.78, 5) is 25.0. The van der Waals surface area contributed by atoms with Crippen molar-refractivity contribution < 1.29 is 18.0 Å². The minimum absolute atomic E-state index is 0.0217. The van der Waals surface area contributed by atoms with Gasteiger partial charge in [-0.15, -0.1) is 11.3 Å². The number of carbonyl (C=O) groups is 2. The molecule has 29 heavy (non-hydrogen) atoms. The minimum Gasteiger partial charge on any atom is -0.349 e. The van der Waals surface area contributed by atoms with E-state index in [9.17, 15) is 18.0 Å². The van der Waals surface area contributed by atoms with Crippen molar-refractivity contribution in [2.24, 2.45) is 0 Å². The first kappa shape index (κ1) is 20.3. The standard InChI is InChI=1S/C19H20ClN3O4S2/c20-15-11-13(5-6-14(15)18(24)21-12-3-4-12)22-19(25)17-16(7-10-28-17)29(26,27)23-8-1-2-9-23/h5-7,10-12H,1-4,8-9H2,(H,21,24)(H,22,25). The van der Waals surface area contributed by atoms with Gasteiger partial charge in [0.15, 0.2) is 0 Å². The van der Waals surface area contributed by atoms with Crippen LogP contribution in [0.5, 0.6) is 0 Å². The summed E-state index contributed by atoms with van der Waals surface area (Å²) >= 11 is 7.29. The topological polar surface area (TPSA) is 95.6 Å². The van der Waals surface area contributed by atoms with E-state index in [1.54, 1.807) is 17.5 Å². The molecule has 1 saturated carbocycles. The van der Waals surface area contributed by atoms with Gasteiger partial charge in [0.1, 0.15) is 9.77 Å². The maximum absolute atomic E-state index is 12.8. The van der Waals surface area contributed by atoms with Gasteiger partial charge in [0, 0.05) is 24.8 Å².